The van der Waals surface area contributed by atoms with Gasteiger partial charge in [0.2, 0.25) is 23.6 Å². The van der Waals surface area contributed by atoms with E-state index in [1.54, 1.807) is 41.5 Å². The minimum Gasteiger partial charge on any atom is -0.343 e. The molecule has 7 saturated heterocycles. The number of ketones is 2. The number of unbranched alkanes of at least 4 members (excludes halogenated alkanes) is 4. The van der Waals surface area contributed by atoms with Gasteiger partial charge < -0.3 is 43.3 Å². The Morgan fingerprint density at radius 3 is 1.13 bits per heavy atom. The summed E-state index contributed by atoms with van der Waals surface area (Å²) >= 11 is 0. The number of hydrogen-bond acceptors (Lipinski definition) is 10. The van der Waals surface area contributed by atoms with Gasteiger partial charge in [0.05, 0.1) is 66.5 Å². The summed E-state index contributed by atoms with van der Waals surface area (Å²) in [5.74, 6) is 2.39. The maximum absolute atomic E-state index is 11.2. The van der Waals surface area contributed by atoms with E-state index in [-0.39, 0.29) is 23.6 Å². The van der Waals surface area contributed by atoms with Crippen molar-refractivity contribution in [2.75, 3.05) is 178 Å². The van der Waals surface area contributed by atoms with Gasteiger partial charge in [-0.2, -0.15) is 0 Å². The molecule has 7 aliphatic heterocycles. The molecular weight excluding hydrogens is 993 g/mol. The molecule has 0 atom stereocenters. The Bertz CT molecular complexity index is 1600. The maximum atomic E-state index is 11.2. The minimum absolute atomic E-state index is 0.202. The van der Waals surface area contributed by atoms with Crippen molar-refractivity contribution in [1.82, 2.24) is 39.2 Å². The zero-order valence-corrected chi connectivity index (χ0v) is 53.6. The molecule has 7 fully saturated rings. The third-order valence-corrected chi connectivity index (χ3v) is 18.4. The number of rotatable bonds is 15. The van der Waals surface area contributed by atoms with E-state index in [0.29, 0.717) is 23.4 Å². The lowest BCUT2D eigenvalue weighted by molar-refractivity contribution is -0.915. The van der Waals surface area contributed by atoms with Crippen molar-refractivity contribution in [1.29, 1.82) is 0 Å². The van der Waals surface area contributed by atoms with Crippen LogP contribution in [-0.2, 0) is 28.8 Å². The second-order valence-electron chi connectivity index (χ2n) is 25.1. The van der Waals surface area contributed by atoms with Gasteiger partial charge in [0, 0.05) is 124 Å². The van der Waals surface area contributed by atoms with Crippen LogP contribution >= 0.6 is 0 Å². The van der Waals surface area contributed by atoms with Gasteiger partial charge in [0.1, 0.15) is 11.6 Å². The maximum Gasteiger partial charge on any atom is 0.219 e. The van der Waals surface area contributed by atoms with Crippen molar-refractivity contribution in [3.63, 3.8) is 0 Å². The fourth-order valence-corrected chi connectivity index (χ4v) is 12.0. The normalized spacial score (nSPS) is 23.6. The Balaban J connectivity index is 0.000000325. The first-order valence-electron chi connectivity index (χ1n) is 32.2. The van der Waals surface area contributed by atoms with E-state index in [4.69, 9.17) is 0 Å². The van der Waals surface area contributed by atoms with Gasteiger partial charge >= 0.3 is 0 Å². The Hall–Kier alpha value is -3.02. The average molecular weight is 1120 g/mol. The fourth-order valence-electron chi connectivity index (χ4n) is 12.0. The van der Waals surface area contributed by atoms with Crippen molar-refractivity contribution in [3.8, 4) is 0 Å². The van der Waals surface area contributed by atoms with Gasteiger partial charge in [-0.3, -0.25) is 33.7 Å². The molecular formula is C63H124N10O6+2. The average Bonchev–Trinajstić information content (AvgIpc) is 3.44. The molecule has 79 heavy (non-hydrogen) atoms. The van der Waals surface area contributed by atoms with Crippen LogP contribution < -0.4 is 0 Å². The summed E-state index contributed by atoms with van der Waals surface area (Å²) in [6.45, 7) is 45.0. The van der Waals surface area contributed by atoms with Crippen LogP contribution in [0.4, 0.5) is 0 Å². The predicted octanol–water partition coefficient (Wildman–Crippen LogP) is 7.63. The van der Waals surface area contributed by atoms with Crippen molar-refractivity contribution in [2.24, 2.45) is 11.8 Å². The van der Waals surface area contributed by atoms with E-state index in [0.717, 1.165) is 141 Å². The van der Waals surface area contributed by atoms with E-state index in [1.165, 1.54) is 140 Å². The van der Waals surface area contributed by atoms with Crippen molar-refractivity contribution in [3.05, 3.63) is 0 Å². The van der Waals surface area contributed by atoms with E-state index >= 15 is 0 Å². The number of carbonyl (C=O) groups excluding carboxylic acids is 6. The molecule has 0 aliphatic carbocycles. The molecule has 0 saturated carbocycles. The first kappa shape index (κ1) is 72.1. The van der Waals surface area contributed by atoms with Gasteiger partial charge in [-0.25, -0.2) is 0 Å². The number of amides is 4. The number of Topliss-reactive ketones (excluding diaryl/α,β-unsaturated/α-hetero) is 2. The standard InChI is InChI=1S/C12H22N2O.C12H24NO.C11H23N2O.C11H21NO.C10H20N2O.C7H14N2O/c1-11(15)13-9-5-12(6-10-13)14-7-3-2-4-8-14;2*1-4-5-8-13(3)9-6-12(7-10-13)11(2)14;1-3-4-7-12-8-5-11(6-9-12)10(2)13;1-3-4-5-11-6-8-12(9-7-11)10(2)13;1-7(10)9-5-3-8(2)4-6-9/h12H,2-10H2,1H3;12H,4-10H2,1-3H3;4-10H2,1-3H3;11H,3-9H2,1-2H3;3-9H2,1-2H3;3-6H2,1-2H3/q;2*+1;;;. The molecule has 0 unspecified atom stereocenters. The van der Waals surface area contributed by atoms with Crippen molar-refractivity contribution in [2.45, 2.75) is 184 Å². The summed E-state index contributed by atoms with van der Waals surface area (Å²) in [4.78, 5) is 84.1. The van der Waals surface area contributed by atoms with Gasteiger partial charge in [0.25, 0.3) is 0 Å². The molecule has 7 aliphatic rings. The molecule has 0 aromatic heterocycles. The smallest absolute Gasteiger partial charge is 0.219 e. The number of likely N-dealkylation sites (N-methyl/N-ethyl adjacent to an activating group) is 2. The number of nitrogens with zero attached hydrogens (tertiary/aromatic N) is 10. The third-order valence-electron chi connectivity index (χ3n) is 18.4. The van der Waals surface area contributed by atoms with E-state index < -0.39 is 0 Å². The first-order valence-corrected chi connectivity index (χ1v) is 32.2. The van der Waals surface area contributed by atoms with Gasteiger partial charge in [-0.1, -0.05) is 59.8 Å². The molecule has 0 aromatic rings. The van der Waals surface area contributed by atoms with Crippen LogP contribution in [-0.4, -0.2) is 268 Å². The highest BCUT2D eigenvalue weighted by molar-refractivity contribution is 5.78. The highest BCUT2D eigenvalue weighted by Gasteiger charge is 2.32. The first-order chi connectivity index (χ1) is 37.6. The molecule has 0 N–H and O–H groups in total. The summed E-state index contributed by atoms with van der Waals surface area (Å²) in [6, 6.07) is 0.751. The number of piperazine rings is 3. The Morgan fingerprint density at radius 2 is 0.734 bits per heavy atom. The number of carbonyl (C=O) groups is 6. The summed E-state index contributed by atoms with van der Waals surface area (Å²) < 4.78 is 2.34. The Labute approximate surface area is 484 Å². The molecule has 7 heterocycles. The van der Waals surface area contributed by atoms with E-state index in [1.807, 2.05) is 19.6 Å². The molecule has 0 bridgehead atoms. The quantitative estimate of drug-likeness (QED) is 0.151. The number of hydrogen-bond donors (Lipinski definition) is 0. The van der Waals surface area contributed by atoms with Crippen molar-refractivity contribution >= 4 is 35.2 Å². The van der Waals surface area contributed by atoms with Crippen LogP contribution in [0.25, 0.3) is 0 Å². The lowest BCUT2D eigenvalue weighted by Gasteiger charge is -2.41. The van der Waals surface area contributed by atoms with Crippen molar-refractivity contribution < 1.29 is 37.7 Å². The van der Waals surface area contributed by atoms with Crippen LogP contribution in [0.15, 0.2) is 0 Å². The molecule has 0 spiro atoms. The van der Waals surface area contributed by atoms with Gasteiger partial charge in [-0.05, 0) is 124 Å². The fraction of sp³-hybridized carbons (Fsp3) is 0.905. The zero-order valence-electron chi connectivity index (χ0n) is 53.6. The SMILES string of the molecule is CC(=O)N1CCC(N2CCCCC2)CC1.CC(=O)N1CCN(C)CC1.CCCCN1CCC(C(C)=O)CC1.CCCCN1CCN(C(C)=O)CC1.CCCC[N+]1(C)CCC(C(C)=O)CC1.CCCC[N+]1(C)CCN(C(C)=O)CC1. The number of piperidine rings is 4. The molecule has 7 rings (SSSR count). The van der Waals surface area contributed by atoms with Crippen LogP contribution in [0.2, 0.25) is 0 Å². The molecule has 460 valence electrons. The lowest BCUT2D eigenvalue weighted by atomic mass is 9.92. The topological polar surface area (TPSA) is 128 Å². The third kappa shape index (κ3) is 30.2. The van der Waals surface area contributed by atoms with Crippen LogP contribution in [0, 0.1) is 11.8 Å². The highest BCUT2D eigenvalue weighted by Crippen LogP contribution is 2.24. The Kier molecular flexibility index (Phi) is 36.7. The largest absolute Gasteiger partial charge is 0.343 e. The van der Waals surface area contributed by atoms with Crippen LogP contribution in [0.5, 0.6) is 0 Å². The summed E-state index contributed by atoms with van der Waals surface area (Å²) in [5.41, 5.74) is 0. The summed E-state index contributed by atoms with van der Waals surface area (Å²) in [6.07, 6.45) is 21.2. The molecule has 16 heteroatoms. The summed E-state index contributed by atoms with van der Waals surface area (Å²) in [5, 5.41) is 0. The van der Waals surface area contributed by atoms with Crippen LogP contribution in [0.3, 0.4) is 0 Å². The monoisotopic (exact) mass is 1120 g/mol. The summed E-state index contributed by atoms with van der Waals surface area (Å²) in [7, 11) is 6.73. The van der Waals surface area contributed by atoms with Gasteiger partial charge in [-0.15, -0.1) is 0 Å². The highest BCUT2D eigenvalue weighted by atomic mass is 16.2. The number of likely N-dealkylation sites (tertiary alicyclic amines) is 4. The molecule has 4 amide bonds. The van der Waals surface area contributed by atoms with Gasteiger partial charge in [0.15, 0.2) is 0 Å². The molecule has 0 radical (unpaired) electrons. The zero-order chi connectivity index (χ0) is 58.8. The predicted molar refractivity (Wildman–Crippen MR) is 326 cm³/mol. The minimum atomic E-state index is 0.202. The second-order valence-corrected chi connectivity index (χ2v) is 25.1. The molecule has 0 aromatic carbocycles. The molecule has 16 nitrogen and oxygen atoms in total. The number of quaternary nitrogens is 2. The van der Waals surface area contributed by atoms with E-state index in [2.05, 4.69) is 68.4 Å². The van der Waals surface area contributed by atoms with Crippen LogP contribution in [0.1, 0.15) is 178 Å². The lowest BCUT2D eigenvalue weighted by Crippen LogP contribution is -2.58. The second kappa shape index (κ2) is 40.2. The Morgan fingerprint density at radius 1 is 0.380 bits per heavy atom. The van der Waals surface area contributed by atoms with E-state index in [9.17, 15) is 28.8 Å².